The predicted molar refractivity (Wildman–Crippen MR) is 74.8 cm³/mol. The summed E-state index contributed by atoms with van der Waals surface area (Å²) in [5.74, 6) is 10.7. The van der Waals surface area contributed by atoms with Crippen LogP contribution in [-0.4, -0.2) is 34.6 Å². The number of esters is 1. The Balaban J connectivity index is 2.60. The summed E-state index contributed by atoms with van der Waals surface area (Å²) in [5, 5.41) is 12.6. The number of ether oxygens (including phenoxy) is 1. The Hall–Kier alpha value is -2.24. The van der Waals surface area contributed by atoms with E-state index in [9.17, 15) is 4.79 Å². The number of rotatable bonds is 5. The molecule has 0 saturated heterocycles. The molecule has 0 radical (unpaired) electrons. The van der Waals surface area contributed by atoms with E-state index >= 15 is 0 Å². The molecule has 0 atom stereocenters. The molecule has 0 aliphatic carbocycles. The van der Waals surface area contributed by atoms with Gasteiger partial charge in [-0.25, -0.2) is 4.79 Å². The normalized spacial score (nSPS) is 9.15. The minimum atomic E-state index is -0.466. The largest absolute Gasteiger partial charge is 0.464 e. The summed E-state index contributed by atoms with van der Waals surface area (Å²) in [6.45, 7) is 0.227. The molecule has 0 spiro atoms. The lowest BCUT2D eigenvalue weighted by Gasteiger charge is -1.99. The molecule has 1 aromatic rings. The molecule has 0 amide bonds. The molecule has 0 saturated carbocycles. The summed E-state index contributed by atoms with van der Waals surface area (Å²) in [6, 6.07) is 0. The Morgan fingerprint density at radius 1 is 1.40 bits per heavy atom. The minimum absolute atomic E-state index is 0.227. The van der Waals surface area contributed by atoms with Crippen LogP contribution in [0.15, 0.2) is 6.20 Å². The number of methoxy groups -OCH3 is 1. The fraction of sp³-hybridized carbons (Fsp3) is 0.467. The van der Waals surface area contributed by atoms with Crippen LogP contribution < -0.4 is 0 Å². The lowest BCUT2D eigenvalue weighted by molar-refractivity contribution is 0.0588. The van der Waals surface area contributed by atoms with Gasteiger partial charge in [0.2, 0.25) is 0 Å². The zero-order valence-electron chi connectivity index (χ0n) is 11.8. The number of carbonyl (C=O) groups excluding carboxylic acids is 1. The van der Waals surface area contributed by atoms with Crippen molar-refractivity contribution in [1.29, 1.82) is 0 Å². The van der Waals surface area contributed by atoms with E-state index in [1.54, 1.807) is 7.05 Å². The van der Waals surface area contributed by atoms with E-state index in [1.165, 1.54) is 18.0 Å². The average Bonchev–Trinajstić information content (AvgIpc) is 2.82. The summed E-state index contributed by atoms with van der Waals surface area (Å²) in [7, 11) is 2.98. The Bertz CT molecular complexity index is 567. The van der Waals surface area contributed by atoms with E-state index in [0.29, 0.717) is 11.3 Å². The summed E-state index contributed by atoms with van der Waals surface area (Å²) < 4.78 is 6.10. The lowest BCUT2D eigenvalue weighted by Crippen LogP contribution is -2.09. The van der Waals surface area contributed by atoms with Gasteiger partial charge in [0.25, 0.3) is 0 Å². The number of aliphatic hydroxyl groups is 1. The quantitative estimate of drug-likeness (QED) is 0.496. The fourth-order valence-electron chi connectivity index (χ4n) is 1.57. The lowest BCUT2D eigenvalue weighted by atomic mass is 10.2. The molecule has 5 heteroatoms. The highest BCUT2D eigenvalue weighted by molar-refractivity contribution is 5.90. The molecular formula is C15H18N2O3. The smallest absolute Gasteiger partial charge is 0.357 e. The van der Waals surface area contributed by atoms with Crippen LogP contribution in [-0.2, 0) is 11.8 Å². The van der Waals surface area contributed by atoms with Gasteiger partial charge in [0.1, 0.15) is 0 Å². The first kappa shape index (κ1) is 15.8. The van der Waals surface area contributed by atoms with Gasteiger partial charge in [-0.15, -0.1) is 0 Å². The Morgan fingerprint density at radius 2 is 2.20 bits per heavy atom. The molecular weight excluding hydrogens is 256 g/mol. The summed E-state index contributed by atoms with van der Waals surface area (Å²) in [6.07, 6.45) is 5.00. The Labute approximate surface area is 118 Å². The van der Waals surface area contributed by atoms with Gasteiger partial charge in [0.05, 0.1) is 18.9 Å². The van der Waals surface area contributed by atoms with E-state index < -0.39 is 5.97 Å². The molecule has 1 rings (SSSR count). The zero-order chi connectivity index (χ0) is 14.8. The van der Waals surface area contributed by atoms with Gasteiger partial charge >= 0.3 is 5.97 Å². The van der Waals surface area contributed by atoms with E-state index in [-0.39, 0.29) is 6.61 Å². The molecule has 106 valence electrons. The molecule has 1 N–H and O–H groups in total. The van der Waals surface area contributed by atoms with Crippen molar-refractivity contribution in [2.24, 2.45) is 7.05 Å². The Kier molecular flexibility index (Phi) is 6.95. The molecule has 0 fully saturated rings. The highest BCUT2D eigenvalue weighted by atomic mass is 16.5. The van der Waals surface area contributed by atoms with Crippen LogP contribution in [0.25, 0.3) is 0 Å². The number of hydrogen-bond donors (Lipinski definition) is 1. The van der Waals surface area contributed by atoms with E-state index in [1.807, 2.05) is 0 Å². The number of aryl methyl sites for hydroxylation is 1. The van der Waals surface area contributed by atoms with Gasteiger partial charge in [-0.3, -0.25) is 4.68 Å². The van der Waals surface area contributed by atoms with Gasteiger partial charge in [-0.2, -0.15) is 5.10 Å². The van der Waals surface area contributed by atoms with Crippen molar-refractivity contribution in [3.05, 3.63) is 17.5 Å². The first-order valence-corrected chi connectivity index (χ1v) is 6.40. The minimum Gasteiger partial charge on any atom is -0.464 e. The molecule has 0 aliphatic heterocycles. The third-order valence-corrected chi connectivity index (χ3v) is 2.63. The third-order valence-electron chi connectivity index (χ3n) is 2.63. The predicted octanol–water partition coefficient (Wildman–Crippen LogP) is 1.11. The van der Waals surface area contributed by atoms with Crippen molar-refractivity contribution in [1.82, 2.24) is 9.78 Å². The van der Waals surface area contributed by atoms with Crippen LogP contribution in [0.4, 0.5) is 0 Å². The van der Waals surface area contributed by atoms with Crippen molar-refractivity contribution in [3.8, 4) is 23.7 Å². The van der Waals surface area contributed by atoms with Gasteiger partial charge in [0, 0.05) is 20.1 Å². The van der Waals surface area contributed by atoms with Gasteiger partial charge in [-0.1, -0.05) is 12.3 Å². The SMILES string of the molecule is COC(=O)c1c(C#CC#CCCCCCO)cnn1C. The molecule has 0 unspecified atom stereocenters. The maximum atomic E-state index is 11.5. The van der Waals surface area contributed by atoms with Crippen molar-refractivity contribution >= 4 is 5.97 Å². The van der Waals surface area contributed by atoms with Crippen LogP contribution in [0.3, 0.4) is 0 Å². The van der Waals surface area contributed by atoms with Gasteiger partial charge in [0.15, 0.2) is 5.69 Å². The van der Waals surface area contributed by atoms with Crippen LogP contribution in [0.1, 0.15) is 41.7 Å². The first-order valence-electron chi connectivity index (χ1n) is 6.40. The topological polar surface area (TPSA) is 64.3 Å². The second-order valence-electron chi connectivity index (χ2n) is 4.11. The number of nitrogens with zero attached hydrogens (tertiary/aromatic N) is 2. The molecule has 5 nitrogen and oxygen atoms in total. The van der Waals surface area contributed by atoms with Crippen LogP contribution >= 0.6 is 0 Å². The number of aliphatic hydroxyl groups excluding tert-OH is 1. The second kappa shape index (κ2) is 8.79. The number of carbonyl (C=O) groups is 1. The molecule has 20 heavy (non-hydrogen) atoms. The standard InChI is InChI=1S/C15H18N2O3/c1-17-14(15(19)20-2)13(12-16-17)10-8-6-4-3-5-7-9-11-18/h12,18H,3,5,7,9,11H2,1-2H3. The molecule has 1 heterocycles. The van der Waals surface area contributed by atoms with E-state index in [0.717, 1.165) is 25.7 Å². The molecule has 0 aromatic carbocycles. The van der Waals surface area contributed by atoms with E-state index in [2.05, 4.69) is 33.5 Å². The molecule has 0 aliphatic rings. The maximum absolute atomic E-state index is 11.5. The maximum Gasteiger partial charge on any atom is 0.357 e. The number of unbranched alkanes of at least 4 members (excludes halogenated alkanes) is 3. The highest BCUT2D eigenvalue weighted by Gasteiger charge is 2.15. The average molecular weight is 274 g/mol. The fourth-order valence-corrected chi connectivity index (χ4v) is 1.57. The third kappa shape index (κ3) is 4.79. The van der Waals surface area contributed by atoms with Crippen molar-refractivity contribution in [3.63, 3.8) is 0 Å². The van der Waals surface area contributed by atoms with Crippen LogP contribution in [0, 0.1) is 23.7 Å². The molecule has 1 aromatic heterocycles. The number of aromatic nitrogens is 2. The van der Waals surface area contributed by atoms with Gasteiger partial charge in [-0.05, 0) is 30.6 Å². The molecule has 0 bridgehead atoms. The summed E-state index contributed by atoms with van der Waals surface area (Å²) in [5.41, 5.74) is 0.832. The first-order chi connectivity index (χ1) is 9.70. The second-order valence-corrected chi connectivity index (χ2v) is 4.11. The Morgan fingerprint density at radius 3 is 2.90 bits per heavy atom. The van der Waals surface area contributed by atoms with Gasteiger partial charge < -0.3 is 9.84 Å². The highest BCUT2D eigenvalue weighted by Crippen LogP contribution is 2.07. The van der Waals surface area contributed by atoms with Crippen molar-refractivity contribution in [2.75, 3.05) is 13.7 Å². The van der Waals surface area contributed by atoms with Crippen LogP contribution in [0.2, 0.25) is 0 Å². The van der Waals surface area contributed by atoms with E-state index in [4.69, 9.17) is 5.11 Å². The van der Waals surface area contributed by atoms with Crippen molar-refractivity contribution in [2.45, 2.75) is 25.7 Å². The van der Waals surface area contributed by atoms with Crippen LogP contribution in [0.5, 0.6) is 0 Å². The summed E-state index contributed by atoms with van der Waals surface area (Å²) in [4.78, 5) is 11.5. The zero-order valence-corrected chi connectivity index (χ0v) is 11.8. The van der Waals surface area contributed by atoms with Crippen molar-refractivity contribution < 1.29 is 14.6 Å². The number of hydrogen-bond acceptors (Lipinski definition) is 4. The summed E-state index contributed by atoms with van der Waals surface area (Å²) >= 11 is 0. The monoisotopic (exact) mass is 274 g/mol.